The van der Waals surface area contributed by atoms with Crippen molar-refractivity contribution in [1.82, 2.24) is 25.2 Å². The van der Waals surface area contributed by atoms with Crippen molar-refractivity contribution >= 4 is 0 Å². The van der Waals surface area contributed by atoms with Crippen molar-refractivity contribution in [2.75, 3.05) is 7.05 Å². The molecule has 120 valence electrons. The molecule has 0 aliphatic rings. The minimum absolute atomic E-state index is 0.314. The molecule has 6 heteroatoms. The second kappa shape index (κ2) is 6.34. The first kappa shape index (κ1) is 15.4. The highest BCUT2D eigenvalue weighted by Gasteiger charge is 2.11. The summed E-state index contributed by atoms with van der Waals surface area (Å²) in [7, 11) is 1.92. The molecule has 1 atom stereocenters. The van der Waals surface area contributed by atoms with E-state index in [-0.39, 0.29) is 0 Å². The maximum atomic E-state index is 5.36. The van der Waals surface area contributed by atoms with E-state index in [4.69, 9.17) is 4.52 Å². The number of aromatic nitrogens is 4. The molecule has 1 aromatic carbocycles. The van der Waals surface area contributed by atoms with Crippen LogP contribution in [-0.4, -0.2) is 33.0 Å². The fourth-order valence-electron chi connectivity index (χ4n) is 2.47. The van der Waals surface area contributed by atoms with Crippen molar-refractivity contribution < 1.29 is 4.52 Å². The lowest BCUT2D eigenvalue weighted by molar-refractivity contribution is 0.418. The highest BCUT2D eigenvalue weighted by molar-refractivity contribution is 5.55. The molecule has 2 aromatic heterocycles. The van der Waals surface area contributed by atoms with Crippen molar-refractivity contribution in [3.8, 4) is 17.1 Å². The van der Waals surface area contributed by atoms with Crippen LogP contribution in [0.2, 0.25) is 0 Å². The van der Waals surface area contributed by atoms with Crippen molar-refractivity contribution in [3.05, 3.63) is 47.5 Å². The standard InChI is InChI=1S/C17H21N5O/c1-11(18-4)10-16-19-17(23-21-16)14-5-7-15(8-6-14)22-13(3)9-12(2)20-22/h5-9,11,18H,10H2,1-4H3. The van der Waals surface area contributed by atoms with Gasteiger partial charge in [0.1, 0.15) is 0 Å². The number of likely N-dealkylation sites (N-methyl/N-ethyl adjacent to an activating group) is 1. The Kier molecular flexibility index (Phi) is 4.25. The maximum absolute atomic E-state index is 5.36. The lowest BCUT2D eigenvalue weighted by Gasteiger charge is -2.05. The summed E-state index contributed by atoms with van der Waals surface area (Å²) in [5, 5.41) is 11.7. The van der Waals surface area contributed by atoms with E-state index in [1.807, 2.05) is 49.8 Å². The average molecular weight is 311 g/mol. The predicted octanol–water partition coefficient (Wildman–Crippen LogP) is 2.69. The number of benzene rings is 1. The van der Waals surface area contributed by atoms with Crippen LogP contribution in [0.25, 0.3) is 17.1 Å². The quantitative estimate of drug-likeness (QED) is 0.784. The van der Waals surface area contributed by atoms with Gasteiger partial charge in [0, 0.05) is 23.7 Å². The van der Waals surface area contributed by atoms with Gasteiger partial charge in [-0.1, -0.05) is 5.16 Å². The van der Waals surface area contributed by atoms with Crippen LogP contribution >= 0.6 is 0 Å². The fraction of sp³-hybridized carbons (Fsp3) is 0.353. The molecule has 0 spiro atoms. The molecule has 23 heavy (non-hydrogen) atoms. The van der Waals surface area contributed by atoms with Gasteiger partial charge in [0.2, 0.25) is 0 Å². The van der Waals surface area contributed by atoms with Gasteiger partial charge in [-0.15, -0.1) is 0 Å². The van der Waals surface area contributed by atoms with Crippen LogP contribution < -0.4 is 5.32 Å². The molecule has 6 nitrogen and oxygen atoms in total. The molecule has 0 amide bonds. The first-order valence-corrected chi connectivity index (χ1v) is 7.70. The molecule has 0 fully saturated rings. The topological polar surface area (TPSA) is 68.8 Å². The summed E-state index contributed by atoms with van der Waals surface area (Å²) in [4.78, 5) is 4.45. The first-order chi connectivity index (χ1) is 11.1. The molecule has 3 rings (SSSR count). The predicted molar refractivity (Wildman–Crippen MR) is 88.6 cm³/mol. The van der Waals surface area contributed by atoms with Gasteiger partial charge in [-0.05, 0) is 58.2 Å². The summed E-state index contributed by atoms with van der Waals surface area (Å²) in [5.74, 6) is 1.26. The Morgan fingerprint density at radius 2 is 1.96 bits per heavy atom. The third-order valence-corrected chi connectivity index (χ3v) is 3.82. The molecule has 0 radical (unpaired) electrons. The van der Waals surface area contributed by atoms with Crippen molar-refractivity contribution in [3.63, 3.8) is 0 Å². The van der Waals surface area contributed by atoms with E-state index in [0.29, 0.717) is 17.8 Å². The Morgan fingerprint density at radius 3 is 2.57 bits per heavy atom. The van der Waals surface area contributed by atoms with Crippen LogP contribution in [0.15, 0.2) is 34.9 Å². The van der Waals surface area contributed by atoms with Gasteiger partial charge in [0.15, 0.2) is 5.82 Å². The highest BCUT2D eigenvalue weighted by atomic mass is 16.5. The van der Waals surface area contributed by atoms with Crippen LogP contribution in [0.4, 0.5) is 0 Å². The zero-order valence-electron chi connectivity index (χ0n) is 13.9. The van der Waals surface area contributed by atoms with E-state index in [1.54, 1.807) is 0 Å². The third kappa shape index (κ3) is 3.32. The van der Waals surface area contributed by atoms with E-state index < -0.39 is 0 Å². The minimum Gasteiger partial charge on any atom is -0.334 e. The van der Waals surface area contributed by atoms with Gasteiger partial charge >= 0.3 is 0 Å². The van der Waals surface area contributed by atoms with E-state index >= 15 is 0 Å². The molecule has 0 saturated heterocycles. The monoisotopic (exact) mass is 311 g/mol. The molecule has 0 saturated carbocycles. The largest absolute Gasteiger partial charge is 0.334 e. The van der Waals surface area contributed by atoms with Crippen LogP contribution in [0, 0.1) is 13.8 Å². The average Bonchev–Trinajstić information content (AvgIpc) is 3.13. The number of rotatable bonds is 5. The van der Waals surface area contributed by atoms with E-state index in [2.05, 4.69) is 33.5 Å². The van der Waals surface area contributed by atoms with Crippen LogP contribution in [0.1, 0.15) is 24.1 Å². The highest BCUT2D eigenvalue weighted by Crippen LogP contribution is 2.20. The summed E-state index contributed by atoms with van der Waals surface area (Å²) in [6, 6.07) is 10.3. The third-order valence-electron chi connectivity index (χ3n) is 3.82. The van der Waals surface area contributed by atoms with Crippen LogP contribution in [-0.2, 0) is 6.42 Å². The van der Waals surface area contributed by atoms with Gasteiger partial charge in [0.05, 0.1) is 11.4 Å². The summed E-state index contributed by atoms with van der Waals surface area (Å²) < 4.78 is 7.28. The second-order valence-electron chi connectivity index (χ2n) is 5.80. The number of hydrogen-bond donors (Lipinski definition) is 1. The Balaban J connectivity index is 1.81. The number of hydrogen-bond acceptors (Lipinski definition) is 5. The molecule has 3 aromatic rings. The number of nitrogens with one attached hydrogen (secondary N) is 1. The van der Waals surface area contributed by atoms with Crippen LogP contribution in [0.3, 0.4) is 0 Å². The first-order valence-electron chi connectivity index (χ1n) is 7.70. The molecule has 0 aliphatic carbocycles. The fourth-order valence-corrected chi connectivity index (χ4v) is 2.47. The molecular weight excluding hydrogens is 290 g/mol. The number of aryl methyl sites for hydroxylation is 2. The molecule has 0 bridgehead atoms. The Morgan fingerprint density at radius 1 is 1.22 bits per heavy atom. The molecule has 1 N–H and O–H groups in total. The van der Waals surface area contributed by atoms with Crippen molar-refractivity contribution in [1.29, 1.82) is 0 Å². The maximum Gasteiger partial charge on any atom is 0.257 e. The van der Waals surface area contributed by atoms with Gasteiger partial charge < -0.3 is 9.84 Å². The Labute approximate surface area is 135 Å². The summed E-state index contributed by atoms with van der Waals surface area (Å²) in [6.07, 6.45) is 0.740. The van der Waals surface area contributed by atoms with Crippen LogP contribution in [0.5, 0.6) is 0 Å². The Bertz CT molecular complexity index is 788. The molecule has 1 unspecified atom stereocenters. The van der Waals surface area contributed by atoms with Crippen molar-refractivity contribution in [2.24, 2.45) is 0 Å². The van der Waals surface area contributed by atoms with Crippen molar-refractivity contribution in [2.45, 2.75) is 33.2 Å². The zero-order valence-corrected chi connectivity index (χ0v) is 13.9. The van der Waals surface area contributed by atoms with E-state index in [9.17, 15) is 0 Å². The van der Waals surface area contributed by atoms with Gasteiger partial charge in [-0.25, -0.2) is 4.68 Å². The second-order valence-corrected chi connectivity index (χ2v) is 5.80. The van der Waals surface area contributed by atoms with Gasteiger partial charge in [-0.2, -0.15) is 10.1 Å². The summed E-state index contributed by atoms with van der Waals surface area (Å²) in [5.41, 5.74) is 4.04. The van der Waals surface area contributed by atoms with Gasteiger partial charge in [0.25, 0.3) is 5.89 Å². The smallest absolute Gasteiger partial charge is 0.257 e. The molecule has 2 heterocycles. The Hall–Kier alpha value is -2.47. The van der Waals surface area contributed by atoms with Gasteiger partial charge in [-0.3, -0.25) is 0 Å². The molecular formula is C17H21N5O. The zero-order chi connectivity index (χ0) is 16.4. The molecule has 0 aliphatic heterocycles. The minimum atomic E-state index is 0.314. The normalized spacial score (nSPS) is 12.5. The summed E-state index contributed by atoms with van der Waals surface area (Å²) >= 11 is 0. The lowest BCUT2D eigenvalue weighted by atomic mass is 10.2. The lowest BCUT2D eigenvalue weighted by Crippen LogP contribution is -2.24. The number of nitrogens with zero attached hydrogens (tertiary/aromatic N) is 4. The van der Waals surface area contributed by atoms with E-state index in [0.717, 1.165) is 29.1 Å². The SMILES string of the molecule is CNC(C)Cc1noc(-c2ccc(-n3nc(C)cc3C)cc2)n1. The summed E-state index contributed by atoms with van der Waals surface area (Å²) in [6.45, 7) is 6.12. The van der Waals surface area contributed by atoms with E-state index in [1.165, 1.54) is 0 Å².